The standard InChI is InChI=1S/C40H50F4N6O4/c1-8-31(47-39(53)54-40(5,6)7)38(52)48-18-25(43)13-27(48)17-30-29-11-9-23(41)15-32(29)45-35(30)36-46-33-16-24(42)10-12-34(33)50(36)20-28-14-26(44)19-49(28)37(51)22(4)21(2)3/h9-12,15-16,21-22,25-28,31,45H,8,13-14,17-20H2,1-7H3,(H,47,53)/t22-,25-,26-,27-,28-,31-/m0/s1. The van der Waals surface area contributed by atoms with Crippen LogP contribution in [0.1, 0.15) is 73.3 Å². The molecule has 10 nitrogen and oxygen atoms in total. The lowest BCUT2D eigenvalue weighted by Gasteiger charge is -2.30. The molecule has 0 bridgehead atoms. The second-order valence-electron chi connectivity index (χ2n) is 16.1. The second kappa shape index (κ2) is 15.3. The maximum absolute atomic E-state index is 15.3. The van der Waals surface area contributed by atoms with Crippen LogP contribution in [0.5, 0.6) is 0 Å². The van der Waals surface area contributed by atoms with Crippen LogP contribution in [0.15, 0.2) is 36.4 Å². The summed E-state index contributed by atoms with van der Waals surface area (Å²) in [5.41, 5.74) is 1.60. The lowest BCUT2D eigenvalue weighted by atomic mass is 9.96. The maximum atomic E-state index is 15.3. The van der Waals surface area contributed by atoms with Crippen molar-refractivity contribution in [2.24, 2.45) is 11.8 Å². The minimum absolute atomic E-state index is 0.0224. The number of carbonyl (C=O) groups excluding carboxylic acids is 3. The van der Waals surface area contributed by atoms with Crippen molar-refractivity contribution in [1.29, 1.82) is 0 Å². The number of ether oxygens (including phenoxy) is 1. The summed E-state index contributed by atoms with van der Waals surface area (Å²) in [4.78, 5) is 51.3. The number of hydrogen-bond acceptors (Lipinski definition) is 5. The van der Waals surface area contributed by atoms with Crippen LogP contribution in [-0.4, -0.2) is 91.4 Å². The first kappa shape index (κ1) is 39.1. The molecule has 6 atom stereocenters. The number of aromatic amines is 1. The number of carbonyl (C=O) groups is 3. The van der Waals surface area contributed by atoms with Crippen LogP contribution in [-0.2, 0) is 27.3 Å². The summed E-state index contributed by atoms with van der Waals surface area (Å²) in [6.07, 6.45) is -2.80. The normalized spacial score (nSPS) is 21.7. The van der Waals surface area contributed by atoms with Crippen LogP contribution in [0.4, 0.5) is 22.4 Å². The average Bonchev–Trinajstić information content (AvgIpc) is 3.84. The number of aromatic nitrogens is 3. The van der Waals surface area contributed by atoms with Gasteiger partial charge in [0.25, 0.3) is 0 Å². The Morgan fingerprint density at radius 1 is 0.944 bits per heavy atom. The molecule has 4 heterocycles. The van der Waals surface area contributed by atoms with Gasteiger partial charge < -0.3 is 29.4 Å². The number of halogens is 4. The molecule has 54 heavy (non-hydrogen) atoms. The number of fused-ring (bicyclic) bond motifs is 2. The highest BCUT2D eigenvalue weighted by atomic mass is 19.1. The number of imidazole rings is 1. The molecule has 2 N–H and O–H groups in total. The summed E-state index contributed by atoms with van der Waals surface area (Å²) in [6, 6.07) is 6.31. The first-order valence-corrected chi connectivity index (χ1v) is 18.8. The molecule has 4 aromatic rings. The largest absolute Gasteiger partial charge is 0.444 e. The quantitative estimate of drug-likeness (QED) is 0.163. The topological polar surface area (TPSA) is 113 Å². The summed E-state index contributed by atoms with van der Waals surface area (Å²) in [5, 5.41) is 3.26. The van der Waals surface area contributed by atoms with E-state index in [1.807, 2.05) is 25.3 Å². The molecule has 0 spiro atoms. The number of likely N-dealkylation sites (tertiary alicyclic amines) is 2. The van der Waals surface area contributed by atoms with Crippen molar-refractivity contribution in [1.82, 2.24) is 29.7 Å². The van der Waals surface area contributed by atoms with Crippen molar-refractivity contribution in [3.8, 4) is 11.5 Å². The van der Waals surface area contributed by atoms with Gasteiger partial charge in [0.15, 0.2) is 5.82 Å². The number of hydrogen-bond donors (Lipinski definition) is 2. The van der Waals surface area contributed by atoms with Crippen LogP contribution in [0.2, 0.25) is 0 Å². The Morgan fingerprint density at radius 2 is 1.57 bits per heavy atom. The molecule has 2 aliphatic heterocycles. The molecule has 0 aliphatic carbocycles. The maximum Gasteiger partial charge on any atom is 0.408 e. The molecule has 0 radical (unpaired) electrons. The highest BCUT2D eigenvalue weighted by molar-refractivity contribution is 5.92. The summed E-state index contributed by atoms with van der Waals surface area (Å²) in [7, 11) is 0. The van der Waals surface area contributed by atoms with Crippen molar-refractivity contribution < 1.29 is 36.7 Å². The number of amides is 3. The average molecular weight is 755 g/mol. The Balaban J connectivity index is 1.41. The number of alkyl halides is 2. The lowest BCUT2D eigenvalue weighted by Crippen LogP contribution is -2.51. The van der Waals surface area contributed by atoms with Gasteiger partial charge in [0.05, 0.1) is 35.9 Å². The molecule has 292 valence electrons. The zero-order valence-electron chi connectivity index (χ0n) is 31.9. The van der Waals surface area contributed by atoms with Gasteiger partial charge in [-0.2, -0.15) is 0 Å². The van der Waals surface area contributed by atoms with E-state index in [-0.39, 0.29) is 63.1 Å². The van der Waals surface area contributed by atoms with Crippen molar-refractivity contribution >= 4 is 39.8 Å². The SMILES string of the molecule is CC[C@H](NC(=O)OC(C)(C)C)C(=O)N1C[C@@H](F)C[C@H]1Cc1c(-c2nc3cc(F)ccc3n2C[C@@H]2C[C@H](F)CN2C(=O)[C@@H](C)C(C)C)[nH]c2cc(F)ccc12. The number of benzene rings is 2. The minimum atomic E-state index is -1.33. The Bertz CT molecular complexity index is 2040. The summed E-state index contributed by atoms with van der Waals surface area (Å²) >= 11 is 0. The summed E-state index contributed by atoms with van der Waals surface area (Å²) in [5.74, 6) is -1.54. The third-order valence-corrected chi connectivity index (χ3v) is 10.7. The third kappa shape index (κ3) is 8.07. The number of nitrogens with zero attached hydrogens (tertiary/aromatic N) is 4. The Morgan fingerprint density at radius 3 is 2.22 bits per heavy atom. The van der Waals surface area contributed by atoms with Crippen molar-refractivity contribution in [2.45, 2.75) is 117 Å². The molecule has 2 saturated heterocycles. The summed E-state index contributed by atoms with van der Waals surface area (Å²) < 4.78 is 66.9. The predicted octanol–water partition coefficient (Wildman–Crippen LogP) is 7.48. The second-order valence-corrected chi connectivity index (χ2v) is 16.1. The van der Waals surface area contributed by atoms with E-state index in [4.69, 9.17) is 9.72 Å². The van der Waals surface area contributed by atoms with Crippen LogP contribution in [0.3, 0.4) is 0 Å². The van der Waals surface area contributed by atoms with E-state index in [2.05, 4.69) is 10.3 Å². The monoisotopic (exact) mass is 754 g/mol. The molecule has 2 aliphatic rings. The zero-order chi connectivity index (χ0) is 39.2. The van der Waals surface area contributed by atoms with Crippen LogP contribution in [0.25, 0.3) is 33.5 Å². The van der Waals surface area contributed by atoms with Crippen molar-refractivity contribution in [3.63, 3.8) is 0 Å². The van der Waals surface area contributed by atoms with Crippen LogP contribution >= 0.6 is 0 Å². The molecule has 0 unspecified atom stereocenters. The molecule has 14 heteroatoms. The zero-order valence-corrected chi connectivity index (χ0v) is 31.9. The van der Waals surface area contributed by atoms with Crippen LogP contribution in [0, 0.1) is 23.5 Å². The number of alkyl carbamates (subject to hydrolysis) is 1. The fraction of sp³-hybridized carbons (Fsp3) is 0.550. The molecule has 2 aromatic heterocycles. The fourth-order valence-corrected chi connectivity index (χ4v) is 7.72. The van der Waals surface area contributed by atoms with E-state index in [0.717, 1.165) is 0 Å². The number of nitrogens with one attached hydrogen (secondary N) is 2. The third-order valence-electron chi connectivity index (χ3n) is 10.7. The van der Waals surface area contributed by atoms with Gasteiger partial charge >= 0.3 is 6.09 Å². The molecule has 2 fully saturated rings. The molecular weight excluding hydrogens is 704 g/mol. The molecule has 0 saturated carbocycles. The van der Waals surface area contributed by atoms with Gasteiger partial charge in [-0.05, 0) is 75.4 Å². The van der Waals surface area contributed by atoms with E-state index >= 15 is 8.78 Å². The fourth-order valence-electron chi connectivity index (χ4n) is 7.72. The van der Waals surface area contributed by atoms with Gasteiger partial charge in [-0.25, -0.2) is 27.3 Å². The van der Waals surface area contributed by atoms with Crippen LogP contribution < -0.4 is 5.32 Å². The molecular formula is C40H50F4N6O4. The van der Waals surface area contributed by atoms with E-state index in [1.165, 1.54) is 29.2 Å². The first-order valence-electron chi connectivity index (χ1n) is 18.8. The van der Waals surface area contributed by atoms with E-state index in [0.29, 0.717) is 39.0 Å². The Labute approximate surface area is 312 Å². The lowest BCUT2D eigenvalue weighted by molar-refractivity contribution is -0.137. The minimum Gasteiger partial charge on any atom is -0.444 e. The Hall–Kier alpha value is -4.62. The van der Waals surface area contributed by atoms with Gasteiger partial charge in [-0.15, -0.1) is 0 Å². The highest BCUT2D eigenvalue weighted by Gasteiger charge is 2.41. The highest BCUT2D eigenvalue weighted by Crippen LogP contribution is 2.37. The predicted molar refractivity (Wildman–Crippen MR) is 198 cm³/mol. The van der Waals surface area contributed by atoms with E-state index < -0.39 is 59.7 Å². The first-order chi connectivity index (χ1) is 25.4. The van der Waals surface area contributed by atoms with Gasteiger partial charge in [0, 0.05) is 48.3 Å². The molecule has 6 rings (SSSR count). The molecule has 3 amide bonds. The van der Waals surface area contributed by atoms with Gasteiger partial charge in [-0.3, -0.25) is 9.59 Å². The van der Waals surface area contributed by atoms with Gasteiger partial charge in [0.2, 0.25) is 11.8 Å². The van der Waals surface area contributed by atoms with E-state index in [9.17, 15) is 23.2 Å². The smallest absolute Gasteiger partial charge is 0.408 e. The summed E-state index contributed by atoms with van der Waals surface area (Å²) in [6.45, 7) is 12.5. The van der Waals surface area contributed by atoms with Gasteiger partial charge in [0.1, 0.15) is 35.6 Å². The number of H-pyrrole nitrogens is 1. The Kier molecular flexibility index (Phi) is 11.0. The van der Waals surface area contributed by atoms with Crippen molar-refractivity contribution in [2.75, 3.05) is 13.1 Å². The number of rotatable bonds is 10. The van der Waals surface area contributed by atoms with Crippen molar-refractivity contribution in [3.05, 3.63) is 53.6 Å². The van der Waals surface area contributed by atoms with E-state index in [1.54, 1.807) is 44.7 Å². The molecule has 2 aromatic carbocycles. The van der Waals surface area contributed by atoms with Gasteiger partial charge in [-0.1, -0.05) is 27.7 Å².